The Morgan fingerprint density at radius 3 is 2.35 bits per heavy atom. The van der Waals surface area contributed by atoms with Gasteiger partial charge in [-0.3, -0.25) is 19.2 Å². The summed E-state index contributed by atoms with van der Waals surface area (Å²) < 4.78 is 32.4. The van der Waals surface area contributed by atoms with Crippen molar-refractivity contribution in [2.45, 2.75) is 25.2 Å². The quantitative estimate of drug-likeness (QED) is 0.260. The van der Waals surface area contributed by atoms with E-state index in [-0.39, 0.29) is 19.8 Å². The van der Waals surface area contributed by atoms with E-state index in [1.807, 2.05) is 0 Å². The molecule has 1 aliphatic heterocycles. The predicted molar refractivity (Wildman–Crippen MR) is 77.9 cm³/mol. The van der Waals surface area contributed by atoms with Crippen LogP contribution in [0, 0.1) is 10.1 Å². The van der Waals surface area contributed by atoms with Gasteiger partial charge in [-0.1, -0.05) is 15.9 Å². The molecule has 0 aromatic heterocycles. The maximum absolute atomic E-state index is 11.9. The fourth-order valence-corrected chi connectivity index (χ4v) is 3.25. The number of rotatable bonds is 7. The molecule has 11 heteroatoms. The molecule has 0 aliphatic carbocycles. The van der Waals surface area contributed by atoms with E-state index in [0.29, 0.717) is 5.33 Å². The maximum atomic E-state index is 11.9. The summed E-state index contributed by atoms with van der Waals surface area (Å²) in [5.41, 5.74) is -1.60. The smallest absolute Gasteiger partial charge is 0.343 e. The molecule has 0 bridgehead atoms. The van der Waals surface area contributed by atoms with Gasteiger partial charge in [-0.05, 0) is 13.8 Å². The number of hydrogen-bond acceptors (Lipinski definition) is 7. The Bertz CT molecular complexity index is 396. The van der Waals surface area contributed by atoms with E-state index in [9.17, 15) is 14.7 Å². The summed E-state index contributed by atoms with van der Waals surface area (Å²) in [6.07, 6.45) is -3.52. The molecule has 0 N–H and O–H groups in total. The van der Waals surface area contributed by atoms with Crippen molar-refractivity contribution in [2.75, 3.05) is 31.8 Å². The Hall–Kier alpha value is 0.430. The summed E-state index contributed by atoms with van der Waals surface area (Å²) >= 11 is 5.90. The molecule has 118 valence electrons. The third kappa shape index (κ3) is 5.32. The first kappa shape index (κ1) is 18.5. The number of hydrogen-bond donors (Lipinski definition) is 0. The van der Waals surface area contributed by atoms with Crippen LogP contribution >= 0.6 is 37.7 Å². The number of halogens is 2. The Labute approximate surface area is 133 Å². The molecule has 0 radical (unpaired) electrons. The van der Waals surface area contributed by atoms with E-state index < -0.39 is 29.2 Å². The van der Waals surface area contributed by atoms with Crippen molar-refractivity contribution in [2.24, 2.45) is 0 Å². The Kier molecular flexibility index (Phi) is 6.59. The minimum absolute atomic E-state index is 0.147. The second kappa shape index (κ2) is 7.13. The van der Waals surface area contributed by atoms with Crippen LogP contribution in [0.2, 0.25) is 0 Å². The summed E-state index contributed by atoms with van der Waals surface area (Å²) in [7, 11) is 0. The summed E-state index contributed by atoms with van der Waals surface area (Å²) in [5.74, 6) is -0.885. The van der Waals surface area contributed by atoms with Crippen LogP contribution < -0.4 is 0 Å². The largest absolute Gasteiger partial charge is 0.396 e. The van der Waals surface area contributed by atoms with E-state index >= 15 is 0 Å². The summed E-state index contributed by atoms with van der Waals surface area (Å²) in [6, 6.07) is 0. The van der Waals surface area contributed by atoms with Gasteiger partial charge in [0.15, 0.2) is 5.79 Å². The lowest BCUT2D eigenvalue weighted by Gasteiger charge is -2.37. The molecule has 0 aromatic rings. The standard InChI is InChI=1S/C9H16Br2NO7P/c1-8(2)16-5-9(6-17-8,12(13)14)7-19-20(11,15)18-4-3-10/h3-7H2,1-2H3. The molecule has 1 fully saturated rings. The minimum atomic E-state index is -3.52. The van der Waals surface area contributed by atoms with Crippen molar-refractivity contribution < 1.29 is 28.0 Å². The first-order valence-electron chi connectivity index (χ1n) is 5.70. The monoisotopic (exact) mass is 439 g/mol. The molecule has 0 aromatic carbocycles. The third-order valence-electron chi connectivity index (χ3n) is 2.57. The van der Waals surface area contributed by atoms with Gasteiger partial charge in [-0.25, -0.2) is 4.57 Å². The van der Waals surface area contributed by atoms with E-state index in [1.54, 1.807) is 13.8 Å². The first-order chi connectivity index (χ1) is 9.13. The normalized spacial score (nSPS) is 24.0. The summed E-state index contributed by atoms with van der Waals surface area (Å²) in [6.45, 7) is 2.63. The summed E-state index contributed by atoms with van der Waals surface area (Å²) in [4.78, 5) is 10.7. The van der Waals surface area contributed by atoms with Gasteiger partial charge in [0, 0.05) is 25.7 Å². The second-order valence-corrected chi connectivity index (χ2v) is 9.46. The van der Waals surface area contributed by atoms with Gasteiger partial charge in [0.2, 0.25) is 0 Å². The van der Waals surface area contributed by atoms with Crippen LogP contribution in [0.3, 0.4) is 0 Å². The van der Waals surface area contributed by atoms with Gasteiger partial charge in [-0.2, -0.15) is 0 Å². The zero-order chi connectivity index (χ0) is 15.4. The lowest BCUT2D eigenvalue weighted by molar-refractivity contribution is -0.597. The van der Waals surface area contributed by atoms with Gasteiger partial charge in [-0.15, -0.1) is 0 Å². The van der Waals surface area contributed by atoms with Crippen LogP contribution in [0.4, 0.5) is 0 Å². The number of nitro groups is 1. The average Bonchev–Trinajstić information content (AvgIpc) is 2.35. The van der Waals surface area contributed by atoms with Crippen LogP contribution in [0.25, 0.3) is 0 Å². The molecule has 1 unspecified atom stereocenters. The molecule has 1 saturated heterocycles. The van der Waals surface area contributed by atoms with Crippen LogP contribution in [-0.2, 0) is 23.1 Å². The van der Waals surface area contributed by atoms with Crippen molar-refractivity contribution in [3.63, 3.8) is 0 Å². The molecule has 1 aliphatic rings. The van der Waals surface area contributed by atoms with E-state index in [2.05, 4.69) is 31.4 Å². The molecular weight excluding hydrogens is 425 g/mol. The minimum Gasteiger partial charge on any atom is -0.343 e. The molecule has 8 nitrogen and oxygen atoms in total. The van der Waals surface area contributed by atoms with Crippen molar-refractivity contribution >= 4 is 37.7 Å². The number of ether oxygens (including phenoxy) is 2. The van der Waals surface area contributed by atoms with Crippen LogP contribution in [0.1, 0.15) is 13.8 Å². The van der Waals surface area contributed by atoms with E-state index in [4.69, 9.17) is 18.5 Å². The predicted octanol–water partition coefficient (Wildman–Crippen LogP) is 2.72. The van der Waals surface area contributed by atoms with Crippen LogP contribution in [-0.4, -0.2) is 48.0 Å². The molecule has 0 saturated carbocycles. The van der Waals surface area contributed by atoms with Crippen molar-refractivity contribution in [1.82, 2.24) is 0 Å². The number of alkyl halides is 1. The topological polar surface area (TPSA) is 97.1 Å². The lowest BCUT2D eigenvalue weighted by atomic mass is 10.0. The SMILES string of the molecule is CC1(C)OCC(COP(=O)(Br)OCCBr)([N+](=O)[O-])CO1. The molecular formula is C9H16Br2NO7P. The highest BCUT2D eigenvalue weighted by Crippen LogP contribution is 2.56. The van der Waals surface area contributed by atoms with Crippen molar-refractivity contribution in [3.05, 3.63) is 10.1 Å². The molecule has 1 heterocycles. The summed E-state index contributed by atoms with van der Waals surface area (Å²) in [5, 5.41) is 11.7. The highest BCUT2D eigenvalue weighted by Gasteiger charge is 2.51. The van der Waals surface area contributed by atoms with Gasteiger partial charge in [0.1, 0.15) is 19.8 Å². The molecule has 0 spiro atoms. The number of nitrogens with zero attached hydrogens (tertiary/aromatic N) is 1. The zero-order valence-corrected chi connectivity index (χ0v) is 15.1. The third-order valence-corrected chi connectivity index (χ3v) is 5.05. The second-order valence-electron chi connectivity index (χ2n) is 4.68. The van der Waals surface area contributed by atoms with E-state index in [1.165, 1.54) is 0 Å². The van der Waals surface area contributed by atoms with Crippen LogP contribution in [0.15, 0.2) is 0 Å². The van der Waals surface area contributed by atoms with Gasteiger partial charge < -0.3 is 9.47 Å². The van der Waals surface area contributed by atoms with Crippen molar-refractivity contribution in [3.8, 4) is 0 Å². The van der Waals surface area contributed by atoms with Gasteiger partial charge >= 0.3 is 6.30 Å². The molecule has 1 atom stereocenters. The first-order valence-corrected chi connectivity index (χ1v) is 10.4. The Balaban J connectivity index is 2.65. The van der Waals surface area contributed by atoms with Crippen molar-refractivity contribution in [1.29, 1.82) is 0 Å². The van der Waals surface area contributed by atoms with Gasteiger partial charge in [0.05, 0.1) is 6.61 Å². The highest BCUT2D eigenvalue weighted by atomic mass is 79.9. The molecule has 1 rings (SSSR count). The zero-order valence-electron chi connectivity index (χ0n) is 11.0. The fourth-order valence-electron chi connectivity index (χ4n) is 1.32. The Morgan fingerprint density at radius 2 is 1.90 bits per heavy atom. The average molecular weight is 441 g/mol. The van der Waals surface area contributed by atoms with Crippen LogP contribution in [0.5, 0.6) is 0 Å². The molecule has 0 amide bonds. The fraction of sp³-hybridized carbons (Fsp3) is 1.00. The Morgan fingerprint density at radius 1 is 1.35 bits per heavy atom. The maximum Gasteiger partial charge on any atom is 0.396 e. The lowest BCUT2D eigenvalue weighted by Crippen LogP contribution is -2.58. The molecule has 20 heavy (non-hydrogen) atoms. The van der Waals surface area contributed by atoms with Gasteiger partial charge in [0.25, 0.3) is 5.54 Å². The van der Waals surface area contributed by atoms with E-state index in [0.717, 1.165) is 0 Å². The highest BCUT2D eigenvalue weighted by molar-refractivity contribution is 9.39.